The molecule has 33 heavy (non-hydrogen) atoms. The first kappa shape index (κ1) is 23.3. The van der Waals surface area contributed by atoms with Crippen LogP contribution >= 0.6 is 0 Å². The number of aromatic nitrogens is 3. The van der Waals surface area contributed by atoms with Crippen LogP contribution in [0.1, 0.15) is 60.0 Å². The lowest BCUT2D eigenvalue weighted by atomic mass is 9.84. The summed E-state index contributed by atoms with van der Waals surface area (Å²) in [5.74, 6) is -0.140. The molecule has 0 aliphatic carbocycles. The molecule has 1 unspecified atom stereocenters. The van der Waals surface area contributed by atoms with Gasteiger partial charge in [-0.2, -0.15) is 18.3 Å². The lowest BCUT2D eigenvalue weighted by Crippen LogP contribution is -2.55. The van der Waals surface area contributed by atoms with Gasteiger partial charge in [0.15, 0.2) is 11.8 Å². The molecule has 0 saturated carbocycles. The maximum atomic E-state index is 13.7. The van der Waals surface area contributed by atoms with Crippen molar-refractivity contribution in [3.8, 4) is 0 Å². The number of hydrogen-bond acceptors (Lipinski definition) is 5. The summed E-state index contributed by atoms with van der Waals surface area (Å²) in [5, 5.41) is 4.51. The van der Waals surface area contributed by atoms with Crippen molar-refractivity contribution in [3.63, 3.8) is 0 Å². The minimum Gasteiger partial charge on any atom is -0.437 e. The number of ether oxygens (including phenoxy) is 1. The van der Waals surface area contributed by atoms with E-state index in [1.54, 1.807) is 11.4 Å². The third kappa shape index (κ3) is 4.13. The standard InChI is InChI=1S/C22H28F3N5O3/c1-13-12-14(2)30-18(26-13)17(15(3)27-30)19(31)29-9-5-6-21(29)7-10-28(11-8-21)20(32)33-16(4)22(23,24)25/h12,16H,5-11H2,1-4H3. The van der Waals surface area contributed by atoms with Crippen molar-refractivity contribution < 1.29 is 27.5 Å². The summed E-state index contributed by atoms with van der Waals surface area (Å²) in [7, 11) is 0. The van der Waals surface area contributed by atoms with E-state index in [-0.39, 0.29) is 19.0 Å². The second kappa shape index (κ2) is 8.18. The zero-order chi connectivity index (χ0) is 24.1. The molecule has 2 aliphatic rings. The molecule has 2 aromatic rings. The van der Waals surface area contributed by atoms with Crippen LogP contribution in [0.2, 0.25) is 0 Å². The summed E-state index contributed by atoms with van der Waals surface area (Å²) in [4.78, 5) is 33.6. The maximum absolute atomic E-state index is 13.7. The highest BCUT2D eigenvalue weighted by atomic mass is 19.4. The largest absolute Gasteiger partial charge is 0.437 e. The van der Waals surface area contributed by atoms with Gasteiger partial charge in [-0.1, -0.05) is 0 Å². The number of piperidine rings is 1. The van der Waals surface area contributed by atoms with Crippen LogP contribution in [0, 0.1) is 20.8 Å². The lowest BCUT2D eigenvalue weighted by Gasteiger charge is -2.44. The molecular weight excluding hydrogens is 439 g/mol. The molecule has 4 heterocycles. The number of likely N-dealkylation sites (tertiary alicyclic amines) is 2. The lowest BCUT2D eigenvalue weighted by molar-refractivity contribution is -0.200. The Labute approximate surface area is 189 Å². The number of carbonyl (C=O) groups is 2. The van der Waals surface area contributed by atoms with Gasteiger partial charge in [-0.05, 0) is 59.4 Å². The smallest absolute Gasteiger partial charge is 0.425 e. The van der Waals surface area contributed by atoms with Crippen molar-refractivity contribution in [3.05, 3.63) is 28.7 Å². The highest BCUT2D eigenvalue weighted by Crippen LogP contribution is 2.40. The maximum Gasteiger partial charge on any atom is 0.425 e. The van der Waals surface area contributed by atoms with E-state index in [0.717, 1.165) is 31.2 Å². The topological polar surface area (TPSA) is 80.0 Å². The molecule has 2 amide bonds. The molecule has 11 heteroatoms. The van der Waals surface area contributed by atoms with Gasteiger partial charge in [0, 0.05) is 36.6 Å². The third-order valence-electron chi connectivity index (χ3n) is 6.82. The van der Waals surface area contributed by atoms with Gasteiger partial charge in [-0.15, -0.1) is 0 Å². The summed E-state index contributed by atoms with van der Waals surface area (Å²) in [6.45, 7) is 7.44. The van der Waals surface area contributed by atoms with Crippen molar-refractivity contribution >= 4 is 17.6 Å². The highest BCUT2D eigenvalue weighted by molar-refractivity contribution is 6.01. The monoisotopic (exact) mass is 467 g/mol. The summed E-state index contributed by atoms with van der Waals surface area (Å²) in [6, 6.07) is 1.90. The van der Waals surface area contributed by atoms with Crippen molar-refractivity contribution in [2.75, 3.05) is 19.6 Å². The molecule has 0 bridgehead atoms. The number of carbonyl (C=O) groups excluding carboxylic acids is 2. The van der Waals surface area contributed by atoms with Crippen molar-refractivity contribution in [2.24, 2.45) is 0 Å². The molecule has 8 nitrogen and oxygen atoms in total. The van der Waals surface area contributed by atoms with E-state index >= 15 is 0 Å². The SMILES string of the molecule is Cc1cc(C)n2nc(C)c(C(=O)N3CCCC34CCN(C(=O)OC(C)C(F)(F)F)CC4)c2n1. The molecule has 2 aliphatic heterocycles. The normalized spacial score (nSPS) is 19.4. The molecule has 0 N–H and O–H groups in total. The average molecular weight is 467 g/mol. The summed E-state index contributed by atoms with van der Waals surface area (Å²) >= 11 is 0. The van der Waals surface area contributed by atoms with Gasteiger partial charge in [0.2, 0.25) is 0 Å². The van der Waals surface area contributed by atoms with Gasteiger partial charge >= 0.3 is 12.3 Å². The zero-order valence-corrected chi connectivity index (χ0v) is 19.2. The van der Waals surface area contributed by atoms with E-state index in [1.165, 1.54) is 4.90 Å². The number of hydrogen-bond donors (Lipinski definition) is 0. The minimum absolute atomic E-state index is 0.140. The van der Waals surface area contributed by atoms with E-state index in [1.807, 2.05) is 24.8 Å². The molecule has 180 valence electrons. The Bertz CT molecular complexity index is 1090. The van der Waals surface area contributed by atoms with E-state index in [2.05, 4.69) is 14.8 Å². The van der Waals surface area contributed by atoms with Crippen LogP contribution in [0.3, 0.4) is 0 Å². The average Bonchev–Trinajstić information content (AvgIpc) is 3.28. The van der Waals surface area contributed by atoms with E-state index in [9.17, 15) is 22.8 Å². The molecule has 1 atom stereocenters. The minimum atomic E-state index is -4.60. The van der Waals surface area contributed by atoms with Gasteiger partial charge in [-0.3, -0.25) is 4.79 Å². The quantitative estimate of drug-likeness (QED) is 0.671. The van der Waals surface area contributed by atoms with Gasteiger partial charge in [-0.25, -0.2) is 14.3 Å². The van der Waals surface area contributed by atoms with Crippen LogP contribution < -0.4 is 0 Å². The number of amides is 2. The Morgan fingerprint density at radius 1 is 1.12 bits per heavy atom. The van der Waals surface area contributed by atoms with Crippen LogP contribution in [0.25, 0.3) is 5.65 Å². The first-order valence-electron chi connectivity index (χ1n) is 11.1. The van der Waals surface area contributed by atoms with Crippen molar-refractivity contribution in [1.29, 1.82) is 0 Å². The van der Waals surface area contributed by atoms with Crippen molar-refractivity contribution in [1.82, 2.24) is 24.4 Å². The Morgan fingerprint density at radius 2 is 1.79 bits per heavy atom. The highest BCUT2D eigenvalue weighted by Gasteiger charge is 2.48. The molecular formula is C22H28F3N5O3. The Balaban J connectivity index is 1.52. The van der Waals surface area contributed by atoms with Crippen LogP contribution in [0.15, 0.2) is 6.07 Å². The van der Waals surface area contributed by atoms with Gasteiger partial charge in [0.05, 0.1) is 5.69 Å². The fourth-order valence-corrected chi connectivity index (χ4v) is 4.99. The Morgan fingerprint density at radius 3 is 2.42 bits per heavy atom. The molecule has 2 aromatic heterocycles. The summed E-state index contributed by atoms with van der Waals surface area (Å²) in [5.41, 5.74) is 2.84. The molecule has 2 fully saturated rings. The Kier molecular flexibility index (Phi) is 5.78. The van der Waals surface area contributed by atoms with E-state index in [0.29, 0.717) is 36.3 Å². The first-order chi connectivity index (χ1) is 15.4. The van der Waals surface area contributed by atoms with E-state index < -0.39 is 23.9 Å². The predicted octanol–water partition coefficient (Wildman–Crippen LogP) is 3.81. The molecule has 2 saturated heterocycles. The van der Waals surface area contributed by atoms with Crippen LogP contribution in [0.5, 0.6) is 0 Å². The first-order valence-corrected chi connectivity index (χ1v) is 11.1. The number of halogens is 3. The van der Waals surface area contributed by atoms with E-state index in [4.69, 9.17) is 0 Å². The molecule has 0 aromatic carbocycles. The predicted molar refractivity (Wildman–Crippen MR) is 113 cm³/mol. The zero-order valence-electron chi connectivity index (χ0n) is 19.2. The van der Waals surface area contributed by atoms with Crippen LogP contribution in [0.4, 0.5) is 18.0 Å². The van der Waals surface area contributed by atoms with Crippen molar-refractivity contribution in [2.45, 2.75) is 71.2 Å². The van der Waals surface area contributed by atoms with Gasteiger partial charge < -0.3 is 14.5 Å². The molecule has 0 radical (unpaired) electrons. The van der Waals surface area contributed by atoms with Crippen LogP contribution in [-0.2, 0) is 4.74 Å². The number of nitrogens with zero attached hydrogens (tertiary/aromatic N) is 5. The number of fused-ring (bicyclic) bond motifs is 1. The number of aryl methyl sites for hydroxylation is 3. The molecule has 1 spiro atoms. The van der Waals surface area contributed by atoms with Crippen LogP contribution in [-0.4, -0.2) is 73.9 Å². The third-order valence-corrected chi connectivity index (χ3v) is 6.82. The number of alkyl halides is 3. The fraction of sp³-hybridized carbons (Fsp3) is 0.636. The van der Waals surface area contributed by atoms with Gasteiger partial charge in [0.1, 0.15) is 5.56 Å². The summed E-state index contributed by atoms with van der Waals surface area (Å²) < 4.78 is 44.5. The Hall–Kier alpha value is -2.85. The molecule has 4 rings (SSSR count). The number of rotatable bonds is 2. The summed E-state index contributed by atoms with van der Waals surface area (Å²) in [6.07, 6.45) is -5.16. The second-order valence-corrected chi connectivity index (χ2v) is 9.07. The van der Waals surface area contributed by atoms with Gasteiger partial charge in [0.25, 0.3) is 5.91 Å². The second-order valence-electron chi connectivity index (χ2n) is 9.07. The fourth-order valence-electron chi connectivity index (χ4n) is 4.99.